The highest BCUT2D eigenvalue weighted by molar-refractivity contribution is 7.71. The quantitative estimate of drug-likeness (QED) is 0.768. The SMILES string of the molecule is COCCn1c(-c2ccncc2)nn(C[NH+]2C[C@H](C)O[C@@H](C)C2)c1=S. The Balaban J connectivity index is 1.89. The molecule has 0 bridgehead atoms. The molecule has 7 nitrogen and oxygen atoms in total. The van der Waals surface area contributed by atoms with Crippen LogP contribution in [0.5, 0.6) is 0 Å². The molecule has 136 valence electrons. The van der Waals surface area contributed by atoms with Crippen LogP contribution in [0, 0.1) is 4.77 Å². The first-order valence-corrected chi connectivity index (χ1v) is 9.05. The third-order valence-corrected chi connectivity index (χ3v) is 4.80. The van der Waals surface area contributed by atoms with Gasteiger partial charge in [-0.05, 0) is 38.2 Å². The molecule has 1 fully saturated rings. The standard InChI is InChI=1S/C17H25N5O2S/c1-13-10-20(11-14(2)24-13)12-22-17(25)21(8-9-23-3)16(19-22)15-4-6-18-7-5-15/h4-7,13-14H,8-12H2,1-3H3/p+1/t13-,14-/m0/s1. The van der Waals surface area contributed by atoms with Crippen molar-refractivity contribution >= 4 is 12.2 Å². The van der Waals surface area contributed by atoms with Gasteiger partial charge in [-0.15, -0.1) is 5.10 Å². The van der Waals surface area contributed by atoms with Crippen molar-refractivity contribution in [2.24, 2.45) is 0 Å². The van der Waals surface area contributed by atoms with Gasteiger partial charge in [0.15, 0.2) is 12.5 Å². The minimum absolute atomic E-state index is 0.253. The van der Waals surface area contributed by atoms with E-state index in [1.54, 1.807) is 19.5 Å². The van der Waals surface area contributed by atoms with Gasteiger partial charge in [0.25, 0.3) is 0 Å². The maximum Gasteiger partial charge on any atom is 0.203 e. The fraction of sp³-hybridized carbons (Fsp3) is 0.588. The van der Waals surface area contributed by atoms with Gasteiger partial charge in [-0.1, -0.05) is 0 Å². The minimum atomic E-state index is 0.253. The van der Waals surface area contributed by atoms with Gasteiger partial charge in [-0.25, -0.2) is 0 Å². The molecule has 1 N–H and O–H groups in total. The zero-order valence-electron chi connectivity index (χ0n) is 15.0. The maximum atomic E-state index is 5.83. The highest BCUT2D eigenvalue weighted by atomic mass is 32.1. The molecule has 0 aromatic carbocycles. The van der Waals surface area contributed by atoms with Crippen LogP contribution in [0.3, 0.4) is 0 Å². The zero-order chi connectivity index (χ0) is 17.8. The number of pyridine rings is 1. The Hall–Kier alpha value is -1.61. The van der Waals surface area contributed by atoms with Crippen molar-refractivity contribution in [1.82, 2.24) is 19.3 Å². The van der Waals surface area contributed by atoms with Crippen LogP contribution in [0.25, 0.3) is 11.4 Å². The van der Waals surface area contributed by atoms with Crippen LogP contribution in [0.2, 0.25) is 0 Å². The van der Waals surface area contributed by atoms with Crippen molar-refractivity contribution in [3.05, 3.63) is 29.3 Å². The molecule has 8 heteroatoms. The summed E-state index contributed by atoms with van der Waals surface area (Å²) in [5.74, 6) is 0.859. The lowest BCUT2D eigenvalue weighted by atomic mass is 10.2. The zero-order valence-corrected chi connectivity index (χ0v) is 15.8. The second-order valence-electron chi connectivity index (χ2n) is 6.56. The lowest BCUT2D eigenvalue weighted by molar-refractivity contribution is -0.937. The first-order chi connectivity index (χ1) is 12.1. The lowest BCUT2D eigenvalue weighted by Crippen LogP contribution is -3.14. The van der Waals surface area contributed by atoms with Crippen molar-refractivity contribution < 1.29 is 14.4 Å². The number of hydrogen-bond donors (Lipinski definition) is 1. The summed E-state index contributed by atoms with van der Waals surface area (Å²) in [6.07, 6.45) is 4.05. The molecule has 25 heavy (non-hydrogen) atoms. The number of methoxy groups -OCH3 is 1. The Labute approximate surface area is 153 Å². The summed E-state index contributed by atoms with van der Waals surface area (Å²) >= 11 is 5.70. The Kier molecular flexibility index (Phi) is 5.95. The van der Waals surface area contributed by atoms with Crippen molar-refractivity contribution in [2.45, 2.75) is 39.3 Å². The van der Waals surface area contributed by atoms with Gasteiger partial charge in [0.05, 0.1) is 13.2 Å². The molecule has 0 spiro atoms. The molecule has 0 radical (unpaired) electrons. The fourth-order valence-corrected chi connectivity index (χ4v) is 3.66. The predicted molar refractivity (Wildman–Crippen MR) is 96.9 cm³/mol. The smallest absolute Gasteiger partial charge is 0.203 e. The highest BCUT2D eigenvalue weighted by Gasteiger charge is 2.26. The summed E-state index contributed by atoms with van der Waals surface area (Å²) in [6.45, 7) is 8.18. The van der Waals surface area contributed by atoms with Crippen molar-refractivity contribution in [3.63, 3.8) is 0 Å². The number of hydrogen-bond acceptors (Lipinski definition) is 5. The molecule has 1 aliphatic rings. The van der Waals surface area contributed by atoms with E-state index < -0.39 is 0 Å². The van der Waals surface area contributed by atoms with Crippen LogP contribution in [-0.4, -0.2) is 58.3 Å². The molecule has 1 saturated heterocycles. The number of quaternary nitrogens is 1. The number of nitrogens with zero attached hydrogens (tertiary/aromatic N) is 4. The van der Waals surface area contributed by atoms with Gasteiger partial charge in [0.2, 0.25) is 4.77 Å². The maximum absolute atomic E-state index is 5.83. The second kappa shape index (κ2) is 8.18. The van der Waals surface area contributed by atoms with E-state index in [2.05, 4.69) is 18.8 Å². The van der Waals surface area contributed by atoms with E-state index in [0.717, 1.165) is 35.9 Å². The predicted octanol–water partition coefficient (Wildman–Crippen LogP) is 0.772. The number of nitrogens with one attached hydrogen (secondary N) is 1. The van der Waals surface area contributed by atoms with E-state index in [1.165, 1.54) is 4.90 Å². The summed E-state index contributed by atoms with van der Waals surface area (Å²) in [6, 6.07) is 3.91. The number of aromatic nitrogens is 4. The van der Waals surface area contributed by atoms with Crippen LogP contribution in [0.15, 0.2) is 24.5 Å². The first-order valence-electron chi connectivity index (χ1n) is 8.64. The molecule has 3 heterocycles. The summed E-state index contributed by atoms with van der Waals surface area (Å²) in [5.41, 5.74) is 1.01. The van der Waals surface area contributed by atoms with Gasteiger partial charge in [0.1, 0.15) is 25.3 Å². The lowest BCUT2D eigenvalue weighted by Gasteiger charge is -2.32. The highest BCUT2D eigenvalue weighted by Crippen LogP contribution is 2.17. The van der Waals surface area contributed by atoms with Crippen molar-refractivity contribution in [2.75, 3.05) is 26.8 Å². The molecule has 0 aliphatic carbocycles. The average Bonchev–Trinajstić information content (AvgIpc) is 2.89. The summed E-state index contributed by atoms with van der Waals surface area (Å²) in [4.78, 5) is 5.52. The van der Waals surface area contributed by atoms with Crippen molar-refractivity contribution in [3.8, 4) is 11.4 Å². The Bertz CT molecular complexity index is 735. The molecule has 2 aromatic heterocycles. The van der Waals surface area contributed by atoms with Gasteiger partial charge in [-0.2, -0.15) is 4.68 Å². The molecular weight excluding hydrogens is 338 g/mol. The van der Waals surface area contributed by atoms with Crippen molar-refractivity contribution in [1.29, 1.82) is 0 Å². The largest absolute Gasteiger partial charge is 0.383 e. The van der Waals surface area contributed by atoms with E-state index in [9.17, 15) is 0 Å². The van der Waals surface area contributed by atoms with Gasteiger partial charge in [0, 0.05) is 25.1 Å². The number of rotatable bonds is 6. The average molecular weight is 364 g/mol. The van der Waals surface area contributed by atoms with Gasteiger partial charge >= 0.3 is 0 Å². The molecular formula is C17H26N5O2S+. The third-order valence-electron chi connectivity index (χ3n) is 4.37. The topological polar surface area (TPSA) is 58.5 Å². The number of ether oxygens (including phenoxy) is 2. The Morgan fingerprint density at radius 1 is 1.28 bits per heavy atom. The normalized spacial score (nSPS) is 23.7. The van der Waals surface area contributed by atoms with E-state index in [1.807, 2.05) is 21.4 Å². The second-order valence-corrected chi connectivity index (χ2v) is 6.92. The summed E-state index contributed by atoms with van der Waals surface area (Å²) in [5, 5.41) is 4.81. The molecule has 2 atom stereocenters. The molecule has 1 aliphatic heterocycles. The number of morpholine rings is 1. The van der Waals surface area contributed by atoms with E-state index >= 15 is 0 Å². The monoisotopic (exact) mass is 364 g/mol. The van der Waals surface area contributed by atoms with Gasteiger partial charge < -0.3 is 14.4 Å². The van der Waals surface area contributed by atoms with E-state index in [0.29, 0.717) is 13.2 Å². The first kappa shape index (κ1) is 18.2. The van der Waals surface area contributed by atoms with E-state index in [-0.39, 0.29) is 12.2 Å². The summed E-state index contributed by atoms with van der Waals surface area (Å²) in [7, 11) is 1.70. The third kappa shape index (κ3) is 4.33. The fourth-order valence-electron chi connectivity index (χ4n) is 3.37. The summed E-state index contributed by atoms with van der Waals surface area (Å²) < 4.78 is 15.8. The molecule has 0 unspecified atom stereocenters. The van der Waals surface area contributed by atoms with Crippen LogP contribution in [0.4, 0.5) is 0 Å². The van der Waals surface area contributed by atoms with Crippen LogP contribution in [0.1, 0.15) is 13.8 Å². The van der Waals surface area contributed by atoms with Crippen LogP contribution in [-0.2, 0) is 22.7 Å². The van der Waals surface area contributed by atoms with Crippen LogP contribution >= 0.6 is 12.2 Å². The van der Waals surface area contributed by atoms with Crippen LogP contribution < -0.4 is 4.90 Å². The van der Waals surface area contributed by atoms with Gasteiger partial charge in [-0.3, -0.25) is 9.55 Å². The Morgan fingerprint density at radius 3 is 2.60 bits per heavy atom. The molecule has 0 amide bonds. The Morgan fingerprint density at radius 2 is 1.96 bits per heavy atom. The molecule has 2 aromatic rings. The minimum Gasteiger partial charge on any atom is -0.383 e. The molecule has 3 rings (SSSR count). The van der Waals surface area contributed by atoms with E-state index in [4.69, 9.17) is 26.8 Å². The molecule has 0 saturated carbocycles.